The van der Waals surface area contributed by atoms with Gasteiger partial charge < -0.3 is 5.32 Å². The number of aromatic nitrogens is 4. The summed E-state index contributed by atoms with van der Waals surface area (Å²) in [6, 6.07) is 11.2. The molecule has 1 saturated heterocycles. The predicted octanol–water partition coefficient (Wildman–Crippen LogP) is 3.31. The third-order valence-corrected chi connectivity index (χ3v) is 5.98. The Morgan fingerprint density at radius 3 is 2.56 bits per heavy atom. The number of amides is 1. The maximum absolute atomic E-state index is 13.2. The number of hydrogen-bond donors (Lipinski definition) is 1. The van der Waals surface area contributed by atoms with Crippen LogP contribution in [0.15, 0.2) is 42.7 Å². The van der Waals surface area contributed by atoms with E-state index in [-0.39, 0.29) is 11.4 Å². The molecule has 164 valence electrons. The highest BCUT2D eigenvalue weighted by Gasteiger charge is 2.32. The monoisotopic (exact) mass is 449 g/mol. The molecule has 1 aliphatic heterocycles. The van der Waals surface area contributed by atoms with E-state index in [9.17, 15) is 4.79 Å². The van der Waals surface area contributed by atoms with Crippen molar-refractivity contribution in [3.63, 3.8) is 0 Å². The third kappa shape index (κ3) is 4.96. The molecule has 0 spiro atoms. The molecular formula is C23H24ClN7O. The largest absolute Gasteiger partial charge is 0.345 e. The third-order valence-electron chi connectivity index (χ3n) is 5.73. The molecule has 1 N–H and O–H groups in total. The van der Waals surface area contributed by atoms with Crippen molar-refractivity contribution in [2.24, 2.45) is 7.05 Å². The molecule has 1 fully saturated rings. The summed E-state index contributed by atoms with van der Waals surface area (Å²) in [5.41, 5.74) is 2.14. The van der Waals surface area contributed by atoms with Crippen molar-refractivity contribution in [2.75, 3.05) is 19.6 Å². The van der Waals surface area contributed by atoms with Crippen LogP contribution in [0.3, 0.4) is 0 Å². The van der Waals surface area contributed by atoms with E-state index in [1.807, 2.05) is 32.3 Å². The fourth-order valence-electron chi connectivity index (χ4n) is 3.77. The van der Waals surface area contributed by atoms with Crippen LogP contribution in [-0.2, 0) is 7.05 Å². The topological polar surface area (TPSA) is 99.7 Å². The van der Waals surface area contributed by atoms with Gasteiger partial charge in [0.2, 0.25) is 0 Å². The molecule has 0 bridgehead atoms. The first-order valence-corrected chi connectivity index (χ1v) is 10.8. The van der Waals surface area contributed by atoms with Crippen molar-refractivity contribution in [3.05, 3.63) is 53.4 Å². The molecule has 0 aliphatic carbocycles. The number of benzene rings is 1. The second-order valence-electron chi connectivity index (χ2n) is 8.32. The summed E-state index contributed by atoms with van der Waals surface area (Å²) >= 11 is 6.04. The van der Waals surface area contributed by atoms with Crippen molar-refractivity contribution >= 4 is 17.5 Å². The van der Waals surface area contributed by atoms with Gasteiger partial charge in [0.1, 0.15) is 5.69 Å². The standard InChI is InChI=1S/C23H24ClN7O/c1-23(7-10-31(11-8-23)12-9-25)29-22(32)20-13-19(16-3-5-18(24)6-4-16)27-21(28-20)17-14-26-30(2)15-17/h3-6,13-15H,7-8,10-12H2,1-2H3,(H,29,32). The van der Waals surface area contributed by atoms with Crippen LogP contribution in [0.1, 0.15) is 30.3 Å². The van der Waals surface area contributed by atoms with Crippen LogP contribution in [-0.4, -0.2) is 55.7 Å². The number of nitrogens with one attached hydrogen (secondary N) is 1. The van der Waals surface area contributed by atoms with E-state index in [4.69, 9.17) is 16.9 Å². The van der Waals surface area contributed by atoms with Gasteiger partial charge in [-0.1, -0.05) is 23.7 Å². The van der Waals surface area contributed by atoms with E-state index in [1.165, 1.54) is 0 Å². The summed E-state index contributed by atoms with van der Waals surface area (Å²) in [7, 11) is 1.82. The lowest BCUT2D eigenvalue weighted by Gasteiger charge is -2.39. The zero-order valence-electron chi connectivity index (χ0n) is 18.0. The van der Waals surface area contributed by atoms with E-state index in [0.717, 1.165) is 37.1 Å². The summed E-state index contributed by atoms with van der Waals surface area (Å²) < 4.78 is 1.67. The van der Waals surface area contributed by atoms with Gasteiger partial charge in [-0.25, -0.2) is 9.97 Å². The minimum absolute atomic E-state index is 0.246. The molecule has 0 radical (unpaired) electrons. The van der Waals surface area contributed by atoms with Crippen molar-refractivity contribution in [3.8, 4) is 28.7 Å². The lowest BCUT2D eigenvalue weighted by Crippen LogP contribution is -2.53. The van der Waals surface area contributed by atoms with Crippen LogP contribution >= 0.6 is 11.6 Å². The van der Waals surface area contributed by atoms with Crippen LogP contribution < -0.4 is 5.32 Å². The van der Waals surface area contributed by atoms with Gasteiger partial charge in [0.25, 0.3) is 5.91 Å². The highest BCUT2D eigenvalue weighted by atomic mass is 35.5. The molecule has 2 aromatic heterocycles. The minimum Gasteiger partial charge on any atom is -0.345 e. The van der Waals surface area contributed by atoms with Gasteiger partial charge in [-0.05, 0) is 38.0 Å². The van der Waals surface area contributed by atoms with Gasteiger partial charge >= 0.3 is 0 Å². The number of hydrogen-bond acceptors (Lipinski definition) is 6. The van der Waals surface area contributed by atoms with Gasteiger partial charge in [0, 0.05) is 42.5 Å². The highest BCUT2D eigenvalue weighted by molar-refractivity contribution is 6.30. The molecule has 0 unspecified atom stereocenters. The molecule has 32 heavy (non-hydrogen) atoms. The number of nitriles is 1. The van der Waals surface area contributed by atoms with Gasteiger partial charge in [-0.2, -0.15) is 10.4 Å². The molecule has 1 amide bonds. The van der Waals surface area contributed by atoms with E-state index >= 15 is 0 Å². The van der Waals surface area contributed by atoms with Crippen molar-refractivity contribution < 1.29 is 4.79 Å². The predicted molar refractivity (Wildman–Crippen MR) is 122 cm³/mol. The van der Waals surface area contributed by atoms with Crippen LogP contribution in [0.25, 0.3) is 22.6 Å². The van der Waals surface area contributed by atoms with Gasteiger partial charge in [0.05, 0.1) is 30.1 Å². The summed E-state index contributed by atoms with van der Waals surface area (Å²) in [4.78, 5) is 24.6. The maximum Gasteiger partial charge on any atom is 0.270 e. The average molecular weight is 450 g/mol. The summed E-state index contributed by atoms with van der Waals surface area (Å²) in [5.74, 6) is 0.189. The first kappa shape index (κ1) is 21.9. The Bertz CT molecular complexity index is 1160. The van der Waals surface area contributed by atoms with Crippen molar-refractivity contribution in [1.29, 1.82) is 5.26 Å². The van der Waals surface area contributed by atoms with Gasteiger partial charge in [0.15, 0.2) is 5.82 Å². The number of piperidine rings is 1. The molecule has 3 heterocycles. The Labute approximate surface area is 191 Å². The second kappa shape index (κ2) is 9.07. The van der Waals surface area contributed by atoms with Crippen LogP contribution in [0, 0.1) is 11.3 Å². The lowest BCUT2D eigenvalue weighted by molar-refractivity contribution is 0.0839. The van der Waals surface area contributed by atoms with Crippen molar-refractivity contribution in [2.45, 2.75) is 25.3 Å². The molecule has 4 rings (SSSR count). The number of carbonyl (C=O) groups is 1. The lowest BCUT2D eigenvalue weighted by atomic mass is 9.89. The first-order valence-electron chi connectivity index (χ1n) is 10.4. The van der Waals surface area contributed by atoms with Gasteiger partial charge in [-0.3, -0.25) is 14.4 Å². The summed E-state index contributed by atoms with van der Waals surface area (Å²) in [6.07, 6.45) is 5.03. The summed E-state index contributed by atoms with van der Waals surface area (Å²) in [6.45, 7) is 3.99. The van der Waals surface area contributed by atoms with Crippen LogP contribution in [0.5, 0.6) is 0 Å². The Kier molecular flexibility index (Phi) is 6.21. The van der Waals surface area contributed by atoms with Gasteiger partial charge in [-0.15, -0.1) is 0 Å². The molecule has 1 aromatic carbocycles. The van der Waals surface area contributed by atoms with E-state index in [0.29, 0.717) is 28.8 Å². The molecular weight excluding hydrogens is 426 g/mol. The number of rotatable bonds is 5. The fraction of sp³-hybridized carbons (Fsp3) is 0.348. The second-order valence-corrected chi connectivity index (χ2v) is 8.76. The fourth-order valence-corrected chi connectivity index (χ4v) is 3.89. The molecule has 9 heteroatoms. The number of carbonyl (C=O) groups excluding carboxylic acids is 1. The highest BCUT2D eigenvalue weighted by Crippen LogP contribution is 2.25. The molecule has 8 nitrogen and oxygen atoms in total. The average Bonchev–Trinajstić information content (AvgIpc) is 3.22. The van der Waals surface area contributed by atoms with Crippen molar-refractivity contribution in [1.82, 2.24) is 30.0 Å². The normalized spacial score (nSPS) is 15.8. The number of aryl methyl sites for hydroxylation is 1. The Hall–Kier alpha value is -3.28. The number of nitrogens with zero attached hydrogens (tertiary/aromatic N) is 6. The number of likely N-dealkylation sites (tertiary alicyclic amines) is 1. The smallest absolute Gasteiger partial charge is 0.270 e. The zero-order valence-corrected chi connectivity index (χ0v) is 18.8. The van der Waals surface area contributed by atoms with E-state index in [2.05, 4.69) is 31.4 Å². The van der Waals surface area contributed by atoms with Crippen LogP contribution in [0.2, 0.25) is 5.02 Å². The van der Waals surface area contributed by atoms with E-state index in [1.54, 1.807) is 29.1 Å². The molecule has 0 atom stereocenters. The first-order chi connectivity index (χ1) is 15.3. The minimum atomic E-state index is -0.358. The summed E-state index contributed by atoms with van der Waals surface area (Å²) in [5, 5.41) is 16.9. The zero-order chi connectivity index (χ0) is 22.7. The quantitative estimate of drug-likeness (QED) is 0.600. The van der Waals surface area contributed by atoms with Crippen LogP contribution in [0.4, 0.5) is 0 Å². The number of halogens is 1. The molecule has 1 aliphatic rings. The molecule has 3 aromatic rings. The Morgan fingerprint density at radius 2 is 1.94 bits per heavy atom. The maximum atomic E-state index is 13.2. The molecule has 0 saturated carbocycles. The SMILES string of the molecule is Cn1cc(-c2nc(C(=O)NC3(C)CCN(CC#N)CC3)cc(-c3ccc(Cl)cc3)n2)cn1. The Balaban J connectivity index is 1.63. The van der Waals surface area contributed by atoms with E-state index < -0.39 is 0 Å². The Morgan fingerprint density at radius 1 is 1.22 bits per heavy atom.